The number of imide groups is 2. The summed E-state index contributed by atoms with van der Waals surface area (Å²) in [5.74, 6) is -1.97. The minimum atomic E-state index is -0.942. The Balaban J connectivity index is 1.60. The van der Waals surface area contributed by atoms with Crippen molar-refractivity contribution in [1.29, 1.82) is 0 Å². The third-order valence-corrected chi connectivity index (χ3v) is 4.99. The van der Waals surface area contributed by atoms with Gasteiger partial charge in [0.25, 0.3) is 11.8 Å². The molecule has 130 valence electrons. The number of anilines is 1. The first-order chi connectivity index (χ1) is 12.5. The summed E-state index contributed by atoms with van der Waals surface area (Å²) in [7, 11) is 0. The van der Waals surface area contributed by atoms with Crippen LogP contribution in [0.2, 0.25) is 0 Å². The van der Waals surface area contributed by atoms with Crippen LogP contribution in [-0.4, -0.2) is 47.7 Å². The molecule has 1 atom stereocenters. The zero-order chi connectivity index (χ0) is 18.4. The van der Waals surface area contributed by atoms with Crippen molar-refractivity contribution in [3.8, 4) is 0 Å². The summed E-state index contributed by atoms with van der Waals surface area (Å²) in [5, 5.41) is 2.19. The Hall–Kier alpha value is -2.70. The van der Waals surface area contributed by atoms with E-state index >= 15 is 0 Å². The molecule has 0 spiro atoms. The fraction of sp³-hybridized carbons (Fsp3) is 0.444. The topological polar surface area (TPSA) is 86.8 Å². The maximum absolute atomic E-state index is 12.8. The minimum absolute atomic E-state index is 0.0492. The van der Waals surface area contributed by atoms with Gasteiger partial charge in [-0.2, -0.15) is 0 Å². The summed E-state index contributed by atoms with van der Waals surface area (Å²) in [6.07, 6.45) is 1.75. The van der Waals surface area contributed by atoms with E-state index < -0.39 is 23.8 Å². The van der Waals surface area contributed by atoms with Gasteiger partial charge in [-0.05, 0) is 43.9 Å². The van der Waals surface area contributed by atoms with Crippen LogP contribution in [0.15, 0.2) is 18.2 Å². The Morgan fingerprint density at radius 1 is 1.04 bits per heavy atom. The number of hydrogen-bond acceptors (Lipinski definition) is 5. The van der Waals surface area contributed by atoms with E-state index in [9.17, 15) is 19.2 Å². The molecule has 0 saturated carbocycles. The molecule has 3 heterocycles. The van der Waals surface area contributed by atoms with Crippen molar-refractivity contribution in [2.45, 2.75) is 38.1 Å². The van der Waals surface area contributed by atoms with Gasteiger partial charge in [-0.25, -0.2) is 0 Å². The number of piperidine rings is 2. The van der Waals surface area contributed by atoms with Gasteiger partial charge >= 0.3 is 0 Å². The summed E-state index contributed by atoms with van der Waals surface area (Å²) >= 11 is 0. The molecular formula is C18H19N3O4. The Bertz CT molecular complexity index is 817. The highest BCUT2D eigenvalue weighted by Crippen LogP contribution is 2.31. The average molecular weight is 342 g/mol. The molecule has 1 N–H and O–H groups in total. The van der Waals surface area contributed by atoms with E-state index in [0.717, 1.165) is 36.5 Å². The molecular weight excluding hydrogens is 322 g/mol. The van der Waals surface area contributed by atoms with Gasteiger partial charge < -0.3 is 4.90 Å². The second-order valence-electron chi connectivity index (χ2n) is 6.53. The molecule has 2 fully saturated rings. The average Bonchev–Trinajstić information content (AvgIpc) is 2.87. The highest BCUT2D eigenvalue weighted by molar-refractivity contribution is 6.23. The molecule has 1 unspecified atom stereocenters. The van der Waals surface area contributed by atoms with Crippen LogP contribution >= 0.6 is 0 Å². The smallest absolute Gasteiger partial charge is 0.262 e. The highest BCUT2D eigenvalue weighted by atomic mass is 16.2. The molecule has 4 amide bonds. The lowest BCUT2D eigenvalue weighted by atomic mass is 10.0. The van der Waals surface area contributed by atoms with Crippen LogP contribution in [0.4, 0.5) is 5.69 Å². The lowest BCUT2D eigenvalue weighted by molar-refractivity contribution is -0.136. The summed E-state index contributed by atoms with van der Waals surface area (Å²) in [5.41, 5.74) is 1.44. The van der Waals surface area contributed by atoms with E-state index in [-0.39, 0.29) is 25.1 Å². The number of nitrogens with zero attached hydrogens (tertiary/aromatic N) is 2. The molecule has 1 aromatic carbocycles. The Morgan fingerprint density at radius 3 is 2.48 bits per heavy atom. The number of fused-ring (bicyclic) bond motifs is 1. The van der Waals surface area contributed by atoms with Gasteiger partial charge in [0.15, 0.2) is 0 Å². The predicted octanol–water partition coefficient (Wildman–Crippen LogP) is 1.08. The van der Waals surface area contributed by atoms with Gasteiger partial charge in [0, 0.05) is 26.6 Å². The Kier molecular flexibility index (Phi) is 3.50. The van der Waals surface area contributed by atoms with Crippen molar-refractivity contribution in [3.05, 3.63) is 29.3 Å². The largest absolute Gasteiger partial charge is 0.372 e. The van der Waals surface area contributed by atoms with Crippen LogP contribution in [-0.2, 0) is 9.59 Å². The molecule has 0 aromatic heterocycles. The van der Waals surface area contributed by atoms with Crippen LogP contribution in [0.3, 0.4) is 0 Å². The van der Waals surface area contributed by atoms with E-state index in [0.29, 0.717) is 11.1 Å². The molecule has 0 bridgehead atoms. The van der Waals surface area contributed by atoms with Gasteiger partial charge in [-0.15, -0.1) is 0 Å². The Labute approximate surface area is 146 Å². The van der Waals surface area contributed by atoms with Crippen molar-refractivity contribution >= 4 is 29.3 Å². The zero-order valence-corrected chi connectivity index (χ0v) is 13.7. The summed E-state index contributed by atoms with van der Waals surface area (Å²) in [6, 6.07) is 4.19. The van der Waals surface area contributed by atoms with Crippen molar-refractivity contribution in [2.24, 2.45) is 0 Å². The third kappa shape index (κ3) is 2.59. The van der Waals surface area contributed by atoms with Crippen LogP contribution in [0, 0.1) is 0 Å². The maximum Gasteiger partial charge on any atom is 0.262 e. The molecule has 7 nitrogen and oxygen atoms in total. The molecule has 0 radical (unpaired) electrons. The van der Waals surface area contributed by atoms with E-state index in [1.807, 2.05) is 6.07 Å². The first kappa shape index (κ1) is 14.6. The molecule has 3 aliphatic rings. The summed E-state index contributed by atoms with van der Waals surface area (Å²) in [6.45, 7) is 1.48. The first-order valence-electron chi connectivity index (χ1n) is 9.06. The second-order valence-corrected chi connectivity index (χ2v) is 6.53. The van der Waals surface area contributed by atoms with Crippen molar-refractivity contribution in [3.63, 3.8) is 0 Å². The van der Waals surface area contributed by atoms with E-state index in [1.165, 1.54) is 0 Å². The normalized spacial score (nSPS) is 25.1. The maximum atomic E-state index is 12.8. The van der Waals surface area contributed by atoms with Gasteiger partial charge in [0.05, 0.1) is 11.1 Å². The predicted molar refractivity (Wildman–Crippen MR) is 89.2 cm³/mol. The monoisotopic (exact) mass is 342 g/mol. The fourth-order valence-electron chi connectivity index (χ4n) is 3.66. The summed E-state index contributed by atoms with van der Waals surface area (Å²) < 4.78 is 7.78. The van der Waals surface area contributed by atoms with Crippen molar-refractivity contribution < 1.29 is 20.5 Å². The molecule has 25 heavy (non-hydrogen) atoms. The minimum Gasteiger partial charge on any atom is -0.372 e. The number of hydrogen-bond donors (Lipinski definition) is 1. The number of carbonyl (C=O) groups is 4. The van der Waals surface area contributed by atoms with Gasteiger partial charge in [0.2, 0.25) is 11.8 Å². The molecule has 7 heteroatoms. The Morgan fingerprint density at radius 2 is 1.76 bits per heavy atom. The third-order valence-electron chi connectivity index (χ3n) is 4.99. The summed E-state index contributed by atoms with van der Waals surface area (Å²) in [4.78, 5) is 52.0. The lowest BCUT2D eigenvalue weighted by Gasteiger charge is -2.29. The molecule has 0 aliphatic carbocycles. The molecule has 4 rings (SSSR count). The quantitative estimate of drug-likeness (QED) is 0.813. The zero-order valence-electron chi connectivity index (χ0n) is 14.7. The fourth-order valence-corrected chi connectivity index (χ4v) is 3.66. The van der Waals surface area contributed by atoms with Crippen LogP contribution in [0.5, 0.6) is 0 Å². The van der Waals surface area contributed by atoms with Crippen molar-refractivity contribution in [2.75, 3.05) is 18.0 Å². The van der Waals surface area contributed by atoms with Crippen LogP contribution in [0.1, 0.15) is 54.2 Å². The number of rotatable bonds is 2. The SMILES string of the molecule is [2H]C1CCN(c2ccc3c(c2)C(=O)N(C2CCC(=O)NC2=O)C3=O)CC1. The number of amides is 4. The standard InChI is InChI=1S/C18H19N3O4/c22-15-7-6-14(16(23)19-15)21-17(24)12-5-4-11(10-13(12)18(21)25)20-8-2-1-3-9-20/h4-5,10,14H,1-3,6-9H2,(H,19,22,23)/i1D. The lowest BCUT2D eigenvalue weighted by Crippen LogP contribution is -2.54. The molecule has 1 aromatic rings. The number of nitrogens with one attached hydrogen (secondary N) is 1. The molecule has 2 saturated heterocycles. The van der Waals surface area contributed by atoms with E-state index in [2.05, 4.69) is 10.2 Å². The van der Waals surface area contributed by atoms with Gasteiger partial charge in [-0.3, -0.25) is 29.4 Å². The van der Waals surface area contributed by atoms with E-state index in [1.54, 1.807) is 12.1 Å². The highest BCUT2D eigenvalue weighted by Gasteiger charge is 2.44. The van der Waals surface area contributed by atoms with Crippen LogP contribution < -0.4 is 10.2 Å². The number of carbonyl (C=O) groups excluding carboxylic acids is 4. The number of benzene rings is 1. The van der Waals surface area contributed by atoms with Crippen molar-refractivity contribution in [1.82, 2.24) is 10.2 Å². The van der Waals surface area contributed by atoms with E-state index in [4.69, 9.17) is 1.37 Å². The second kappa shape index (κ2) is 5.98. The first-order valence-corrected chi connectivity index (χ1v) is 8.48. The van der Waals surface area contributed by atoms with Crippen LogP contribution in [0.25, 0.3) is 0 Å². The molecule has 3 aliphatic heterocycles. The van der Waals surface area contributed by atoms with Gasteiger partial charge in [-0.1, -0.05) is 0 Å². The van der Waals surface area contributed by atoms with Gasteiger partial charge in [0.1, 0.15) is 6.04 Å².